The van der Waals surface area contributed by atoms with Crippen LogP contribution in [0.15, 0.2) is 0 Å². The Morgan fingerprint density at radius 2 is 0.958 bits per heavy atom. The summed E-state index contributed by atoms with van der Waals surface area (Å²) in [6.45, 7) is 0.960. The molecule has 1 aromatic rings. The fourth-order valence-corrected chi connectivity index (χ4v) is 1.06. The maximum atomic E-state index is 11.3. The normalized spacial score (nSPS) is 9.54. The van der Waals surface area contributed by atoms with Crippen LogP contribution in [0.1, 0.15) is 6.92 Å². The summed E-state index contributed by atoms with van der Waals surface area (Å²) in [5.74, 6) is -9.12. The zero-order chi connectivity index (χ0) is 18.4. The Bertz CT molecular complexity index is 647. The molecule has 24 heavy (non-hydrogen) atoms. The second kappa shape index (κ2) is 7.34. The summed E-state index contributed by atoms with van der Waals surface area (Å²) < 4.78 is 0. The number of anilines is 3. The number of hydrogen-bond donors (Lipinski definition) is 5. The quantitative estimate of drug-likeness (QED) is 0.339. The van der Waals surface area contributed by atoms with Gasteiger partial charge in [0.2, 0.25) is 23.6 Å². The lowest BCUT2D eigenvalue weighted by molar-refractivity contribution is -0.134. The summed E-state index contributed by atoms with van der Waals surface area (Å²) in [4.78, 5) is 76.6. The summed E-state index contributed by atoms with van der Waals surface area (Å²) in [6, 6.07) is 0. The number of nitrogens with two attached hydrogens (primary N) is 2. The number of rotatable bonds is 4. The van der Waals surface area contributed by atoms with Crippen LogP contribution in [0, 0.1) is 0 Å². The molecule has 126 valence electrons. The van der Waals surface area contributed by atoms with E-state index in [0.29, 0.717) is 0 Å². The number of primary amides is 2. The number of amides is 5. The molecule has 14 heteroatoms. The Kier molecular flexibility index (Phi) is 5.53. The van der Waals surface area contributed by atoms with E-state index >= 15 is 0 Å². The Hall–Kier alpha value is -3.97. The second-order valence-electron chi connectivity index (χ2n) is 3.95. The van der Waals surface area contributed by atoms with Crippen LogP contribution < -0.4 is 27.4 Å². The van der Waals surface area contributed by atoms with Gasteiger partial charge in [0.15, 0.2) is 0 Å². The molecule has 0 aliphatic carbocycles. The van der Waals surface area contributed by atoms with Gasteiger partial charge in [-0.25, -0.2) is 0 Å². The second-order valence-corrected chi connectivity index (χ2v) is 3.95. The fourth-order valence-electron chi connectivity index (χ4n) is 1.06. The Morgan fingerprint density at radius 3 is 1.21 bits per heavy atom. The van der Waals surface area contributed by atoms with Crippen molar-refractivity contribution in [3.63, 3.8) is 0 Å². The van der Waals surface area contributed by atoms with Crippen molar-refractivity contribution in [3.05, 3.63) is 0 Å². The van der Waals surface area contributed by atoms with E-state index in [1.807, 2.05) is 16.0 Å². The first-order valence-corrected chi connectivity index (χ1v) is 5.89. The van der Waals surface area contributed by atoms with Crippen molar-refractivity contribution < 1.29 is 28.8 Å². The van der Waals surface area contributed by atoms with E-state index in [4.69, 9.17) is 11.5 Å². The lowest BCUT2D eigenvalue weighted by Crippen LogP contribution is -2.32. The smallest absolute Gasteiger partial charge is 0.315 e. The zero-order valence-corrected chi connectivity index (χ0v) is 11.9. The number of hydrogen-bond acceptors (Lipinski definition) is 9. The van der Waals surface area contributed by atoms with Gasteiger partial charge in [-0.3, -0.25) is 44.7 Å². The Labute approximate surface area is 132 Å². The van der Waals surface area contributed by atoms with E-state index in [2.05, 4.69) is 15.0 Å². The first-order chi connectivity index (χ1) is 11.1. The molecular formula is C10H10N8O6. The average molecular weight is 338 g/mol. The van der Waals surface area contributed by atoms with Crippen LogP contribution in [0.4, 0.5) is 17.8 Å². The molecule has 0 spiro atoms. The molecule has 0 aromatic carbocycles. The van der Waals surface area contributed by atoms with Crippen LogP contribution in [0.2, 0.25) is 0 Å². The molecular weight excluding hydrogens is 328 g/mol. The molecule has 1 heterocycles. The first kappa shape index (κ1) is 18.1. The largest absolute Gasteiger partial charge is 0.361 e. The van der Waals surface area contributed by atoms with Gasteiger partial charge in [-0.15, -0.1) is 0 Å². The Morgan fingerprint density at radius 1 is 0.667 bits per heavy atom. The number of nitrogens with one attached hydrogen (secondary N) is 3. The van der Waals surface area contributed by atoms with Crippen molar-refractivity contribution in [2.45, 2.75) is 6.92 Å². The standard InChI is InChI=1S/C10H10N8O6/c1-2(19)5(22)13-8-16-9(14-6(23)3(11)20)18-10(17-8)15-7(24)4(12)21/h1H3,(H2,11,20)(H2,12,21)(H3,13,14,15,16,17,18,22,23,24). The third-order valence-electron chi connectivity index (χ3n) is 2.08. The van der Waals surface area contributed by atoms with E-state index < -0.39 is 53.2 Å². The number of carbonyl (C=O) groups excluding carboxylic acids is 6. The van der Waals surface area contributed by atoms with Gasteiger partial charge in [0.1, 0.15) is 0 Å². The fraction of sp³-hybridized carbons (Fsp3) is 0.100. The minimum absolute atomic E-state index is 0.565. The van der Waals surface area contributed by atoms with Gasteiger partial charge in [-0.2, -0.15) is 15.0 Å². The average Bonchev–Trinajstić information content (AvgIpc) is 2.46. The molecule has 5 amide bonds. The highest BCUT2D eigenvalue weighted by Crippen LogP contribution is 2.09. The molecule has 0 aliphatic heterocycles. The van der Waals surface area contributed by atoms with Gasteiger partial charge in [0.25, 0.3) is 5.91 Å². The maximum absolute atomic E-state index is 11.3. The maximum Gasteiger partial charge on any atom is 0.315 e. The van der Waals surface area contributed by atoms with Gasteiger partial charge in [0.05, 0.1) is 0 Å². The van der Waals surface area contributed by atoms with Crippen molar-refractivity contribution in [1.82, 2.24) is 15.0 Å². The SMILES string of the molecule is CC(=O)C(=O)Nc1nc(NC(=O)C(N)=O)nc(NC(=O)C(N)=O)n1. The van der Waals surface area contributed by atoms with Crippen molar-refractivity contribution in [1.29, 1.82) is 0 Å². The van der Waals surface area contributed by atoms with Gasteiger partial charge in [-0.1, -0.05) is 0 Å². The molecule has 1 rings (SSSR count). The van der Waals surface area contributed by atoms with Gasteiger partial charge < -0.3 is 11.5 Å². The summed E-state index contributed by atoms with van der Waals surface area (Å²) >= 11 is 0. The van der Waals surface area contributed by atoms with Crippen molar-refractivity contribution in [3.8, 4) is 0 Å². The summed E-state index contributed by atoms with van der Waals surface area (Å²) in [5.41, 5.74) is 9.47. The number of nitrogens with zero attached hydrogens (tertiary/aromatic N) is 3. The molecule has 0 aliphatic rings. The van der Waals surface area contributed by atoms with Crippen LogP contribution in [0.25, 0.3) is 0 Å². The first-order valence-electron chi connectivity index (χ1n) is 5.89. The number of carbonyl (C=O) groups is 6. The highest BCUT2D eigenvalue weighted by Gasteiger charge is 2.18. The highest BCUT2D eigenvalue weighted by molar-refractivity contribution is 6.40. The van der Waals surface area contributed by atoms with E-state index in [-0.39, 0.29) is 0 Å². The molecule has 0 saturated heterocycles. The van der Waals surface area contributed by atoms with Crippen LogP contribution in [0.3, 0.4) is 0 Å². The summed E-state index contributed by atoms with van der Waals surface area (Å²) in [7, 11) is 0. The molecule has 1 aromatic heterocycles. The lowest BCUT2D eigenvalue weighted by atomic mass is 10.4. The third-order valence-corrected chi connectivity index (χ3v) is 2.08. The van der Waals surface area contributed by atoms with Crippen molar-refractivity contribution in [2.24, 2.45) is 11.5 Å². The highest BCUT2D eigenvalue weighted by atomic mass is 16.2. The van der Waals surface area contributed by atoms with Gasteiger partial charge in [-0.05, 0) is 0 Å². The van der Waals surface area contributed by atoms with Crippen LogP contribution >= 0.6 is 0 Å². The van der Waals surface area contributed by atoms with Gasteiger partial charge >= 0.3 is 23.6 Å². The minimum Gasteiger partial charge on any atom is -0.361 e. The zero-order valence-electron chi connectivity index (χ0n) is 11.9. The van der Waals surface area contributed by atoms with E-state index in [9.17, 15) is 28.8 Å². The van der Waals surface area contributed by atoms with Crippen LogP contribution in [-0.2, 0) is 28.8 Å². The Balaban J connectivity index is 3.17. The predicted octanol–water partition coefficient (Wildman–Crippen LogP) is -3.75. The lowest BCUT2D eigenvalue weighted by Gasteiger charge is -2.07. The van der Waals surface area contributed by atoms with Crippen LogP contribution in [0.5, 0.6) is 0 Å². The predicted molar refractivity (Wildman–Crippen MR) is 74.8 cm³/mol. The molecule has 7 N–H and O–H groups in total. The molecule has 0 radical (unpaired) electrons. The van der Waals surface area contributed by atoms with Gasteiger partial charge in [0, 0.05) is 6.92 Å². The number of ketones is 1. The molecule has 0 saturated carbocycles. The topological polar surface area (TPSA) is 229 Å². The summed E-state index contributed by atoms with van der Waals surface area (Å²) in [6.07, 6.45) is 0. The third kappa shape index (κ3) is 5.10. The monoisotopic (exact) mass is 338 g/mol. The van der Waals surface area contributed by atoms with Crippen molar-refractivity contribution >= 4 is 53.2 Å². The molecule has 0 fully saturated rings. The minimum atomic E-state index is -1.37. The van der Waals surface area contributed by atoms with E-state index in [0.717, 1.165) is 6.92 Å². The molecule has 14 nitrogen and oxygen atoms in total. The van der Waals surface area contributed by atoms with Crippen molar-refractivity contribution in [2.75, 3.05) is 16.0 Å². The number of Topliss-reactive ketones (excluding diaryl/α,β-unsaturated/α-hetero) is 1. The van der Waals surface area contributed by atoms with E-state index in [1.54, 1.807) is 0 Å². The molecule has 0 bridgehead atoms. The number of aromatic nitrogens is 3. The summed E-state index contributed by atoms with van der Waals surface area (Å²) in [5, 5.41) is 5.64. The molecule has 0 unspecified atom stereocenters. The van der Waals surface area contributed by atoms with Crippen LogP contribution in [-0.4, -0.2) is 50.3 Å². The van der Waals surface area contributed by atoms with E-state index in [1.165, 1.54) is 0 Å². The molecule has 0 atom stereocenters.